The van der Waals surface area contributed by atoms with E-state index in [-0.39, 0.29) is 0 Å². The fraction of sp³-hybridized carbons (Fsp3) is 0.875. The Morgan fingerprint density at radius 2 is 0.944 bits per heavy atom. The average molecular weight is 248 g/mol. The fourth-order valence-electron chi connectivity index (χ4n) is 3.41. The monoisotopic (exact) mass is 248 g/mol. The van der Waals surface area contributed by atoms with Crippen molar-refractivity contribution in [2.45, 2.75) is 77.5 Å². The molecule has 0 aromatic carbocycles. The van der Waals surface area contributed by atoms with Crippen LogP contribution in [-0.4, -0.2) is 47.1 Å². The molecule has 4 atom stereocenters. The van der Waals surface area contributed by atoms with E-state index in [4.69, 9.17) is 0 Å². The smallest absolute Gasteiger partial charge is 0.0606 e. The van der Waals surface area contributed by atoms with E-state index in [2.05, 4.69) is 49.3 Å². The van der Waals surface area contributed by atoms with Gasteiger partial charge in [0.15, 0.2) is 0 Å². The Labute approximate surface area is 113 Å². The quantitative estimate of drug-likeness (QED) is 0.693. The first-order valence-corrected chi connectivity index (χ1v) is 7.56. The molecule has 2 heterocycles. The van der Waals surface area contributed by atoms with Gasteiger partial charge >= 0.3 is 0 Å². The summed E-state index contributed by atoms with van der Waals surface area (Å²) in [7, 11) is 0. The summed E-state index contributed by atoms with van der Waals surface area (Å²) in [4.78, 5) is 5.09. The number of hydrogen-bond acceptors (Lipinski definition) is 2. The third-order valence-corrected chi connectivity index (χ3v) is 4.92. The van der Waals surface area contributed by atoms with E-state index in [9.17, 15) is 0 Å². The van der Waals surface area contributed by atoms with Gasteiger partial charge in [0, 0.05) is 24.2 Å². The molecule has 2 heteroatoms. The highest BCUT2D eigenvalue weighted by Gasteiger charge is 2.27. The van der Waals surface area contributed by atoms with E-state index < -0.39 is 0 Å². The number of hydrogen-bond donors (Lipinski definition) is 0. The van der Waals surface area contributed by atoms with Crippen molar-refractivity contribution < 1.29 is 0 Å². The third-order valence-electron chi connectivity index (χ3n) is 4.92. The third kappa shape index (κ3) is 3.08. The van der Waals surface area contributed by atoms with Crippen LogP contribution < -0.4 is 0 Å². The van der Waals surface area contributed by atoms with Crippen molar-refractivity contribution in [2.24, 2.45) is 0 Å². The second-order valence-corrected chi connectivity index (χ2v) is 6.25. The zero-order chi connectivity index (χ0) is 13.1. The Balaban J connectivity index is 1.79. The van der Waals surface area contributed by atoms with Crippen molar-refractivity contribution in [1.82, 2.24) is 9.80 Å². The summed E-state index contributed by atoms with van der Waals surface area (Å²) in [6.45, 7) is 11.2. The summed E-state index contributed by atoms with van der Waals surface area (Å²) < 4.78 is 0. The maximum atomic E-state index is 3.39. The Kier molecular flexibility index (Phi) is 4.70. The lowest BCUT2D eigenvalue weighted by Crippen LogP contribution is -2.34. The average Bonchev–Trinajstić information content (AvgIpc) is 2.82. The summed E-state index contributed by atoms with van der Waals surface area (Å²) in [5.41, 5.74) is 0. The van der Waals surface area contributed by atoms with Gasteiger partial charge in [0.1, 0.15) is 0 Å². The molecule has 0 aliphatic carbocycles. The van der Waals surface area contributed by atoms with Crippen molar-refractivity contribution in [1.29, 1.82) is 0 Å². The molecule has 2 fully saturated rings. The Bertz CT molecular complexity index is 278. The van der Waals surface area contributed by atoms with Crippen LogP contribution in [0.25, 0.3) is 0 Å². The van der Waals surface area contributed by atoms with Crippen LogP contribution in [0.1, 0.15) is 53.4 Å². The summed E-state index contributed by atoms with van der Waals surface area (Å²) in [5, 5.41) is 0. The first-order valence-electron chi connectivity index (χ1n) is 7.56. The van der Waals surface area contributed by atoms with Crippen LogP contribution in [-0.2, 0) is 0 Å². The predicted octanol–water partition coefficient (Wildman–Crippen LogP) is 2.74. The fourth-order valence-corrected chi connectivity index (χ4v) is 3.41. The number of likely N-dealkylation sites (tertiary alicyclic amines) is 2. The molecule has 0 N–H and O–H groups in total. The van der Waals surface area contributed by atoms with Crippen molar-refractivity contribution >= 4 is 0 Å². The zero-order valence-electron chi connectivity index (χ0n) is 12.4. The van der Waals surface area contributed by atoms with Gasteiger partial charge in [-0.15, -0.1) is 0 Å². The van der Waals surface area contributed by atoms with E-state index in [1.807, 2.05) is 0 Å². The molecular weight excluding hydrogens is 220 g/mol. The van der Waals surface area contributed by atoms with Crippen molar-refractivity contribution in [3.63, 3.8) is 0 Å². The second kappa shape index (κ2) is 6.08. The molecular formula is C16H28N2. The van der Waals surface area contributed by atoms with Gasteiger partial charge in [-0.2, -0.15) is 0 Å². The minimum atomic E-state index is 0.721. The van der Waals surface area contributed by atoms with E-state index in [1.165, 1.54) is 25.7 Å². The van der Waals surface area contributed by atoms with Crippen LogP contribution in [0.15, 0.2) is 0 Å². The highest BCUT2D eigenvalue weighted by Crippen LogP contribution is 2.23. The Morgan fingerprint density at radius 3 is 1.22 bits per heavy atom. The number of rotatable bonds is 2. The molecule has 102 valence electrons. The van der Waals surface area contributed by atoms with Crippen LogP contribution in [0, 0.1) is 11.8 Å². The van der Waals surface area contributed by atoms with E-state index in [1.54, 1.807) is 0 Å². The van der Waals surface area contributed by atoms with Crippen molar-refractivity contribution in [3.05, 3.63) is 0 Å². The summed E-state index contributed by atoms with van der Waals surface area (Å²) in [5.74, 6) is 6.78. The van der Waals surface area contributed by atoms with Crippen LogP contribution in [0.4, 0.5) is 0 Å². The lowest BCUT2D eigenvalue weighted by Gasteiger charge is -2.24. The van der Waals surface area contributed by atoms with Gasteiger partial charge in [-0.05, 0) is 53.4 Å². The highest BCUT2D eigenvalue weighted by molar-refractivity contribution is 5.06. The van der Waals surface area contributed by atoms with Crippen LogP contribution in [0.3, 0.4) is 0 Å². The summed E-state index contributed by atoms with van der Waals surface area (Å²) in [6.07, 6.45) is 5.35. The minimum Gasteiger partial charge on any atom is -0.287 e. The van der Waals surface area contributed by atoms with E-state index in [0.29, 0.717) is 0 Å². The number of nitrogens with zero attached hydrogens (tertiary/aromatic N) is 2. The first-order chi connectivity index (χ1) is 8.59. The van der Waals surface area contributed by atoms with Crippen LogP contribution in [0.2, 0.25) is 0 Å². The molecule has 2 rings (SSSR count). The van der Waals surface area contributed by atoms with Crippen molar-refractivity contribution in [2.75, 3.05) is 13.1 Å². The summed E-state index contributed by atoms with van der Waals surface area (Å²) in [6, 6.07) is 2.88. The largest absolute Gasteiger partial charge is 0.287 e. The van der Waals surface area contributed by atoms with Gasteiger partial charge < -0.3 is 0 Å². The topological polar surface area (TPSA) is 6.48 Å². The van der Waals surface area contributed by atoms with Gasteiger partial charge in [-0.25, -0.2) is 0 Å². The Morgan fingerprint density at radius 1 is 0.667 bits per heavy atom. The molecule has 2 nitrogen and oxygen atoms in total. The van der Waals surface area contributed by atoms with Gasteiger partial charge in [0.05, 0.1) is 13.1 Å². The van der Waals surface area contributed by atoms with Gasteiger partial charge in [-0.3, -0.25) is 9.80 Å². The maximum absolute atomic E-state index is 3.39. The first kappa shape index (κ1) is 13.9. The predicted molar refractivity (Wildman–Crippen MR) is 77.5 cm³/mol. The SMILES string of the molecule is CC1CCC(C)N1CC#CCN1C(C)CCC1C. The van der Waals surface area contributed by atoms with Gasteiger partial charge in [0.2, 0.25) is 0 Å². The molecule has 4 unspecified atom stereocenters. The van der Waals surface area contributed by atoms with E-state index >= 15 is 0 Å². The second-order valence-electron chi connectivity index (χ2n) is 6.25. The molecule has 2 aliphatic heterocycles. The molecule has 2 aliphatic rings. The molecule has 0 aromatic rings. The van der Waals surface area contributed by atoms with Gasteiger partial charge in [0.25, 0.3) is 0 Å². The van der Waals surface area contributed by atoms with Crippen LogP contribution >= 0.6 is 0 Å². The molecule has 0 radical (unpaired) electrons. The molecule has 0 aromatic heterocycles. The molecule has 2 saturated heterocycles. The molecule has 18 heavy (non-hydrogen) atoms. The Hall–Kier alpha value is -0.520. The lowest BCUT2D eigenvalue weighted by molar-refractivity contribution is 0.238. The van der Waals surface area contributed by atoms with E-state index in [0.717, 1.165) is 37.3 Å². The summed E-state index contributed by atoms with van der Waals surface area (Å²) >= 11 is 0. The zero-order valence-corrected chi connectivity index (χ0v) is 12.4. The van der Waals surface area contributed by atoms with Crippen LogP contribution in [0.5, 0.6) is 0 Å². The molecule has 0 saturated carbocycles. The molecule has 0 amide bonds. The minimum absolute atomic E-state index is 0.721. The maximum Gasteiger partial charge on any atom is 0.0606 e. The van der Waals surface area contributed by atoms with Gasteiger partial charge in [-0.1, -0.05) is 11.8 Å². The lowest BCUT2D eigenvalue weighted by atomic mass is 10.2. The molecule has 0 bridgehead atoms. The normalized spacial score (nSPS) is 37.8. The standard InChI is InChI=1S/C16H28N2/c1-13-7-8-14(2)17(13)11-5-6-12-18-15(3)9-10-16(18)4/h13-16H,7-12H2,1-4H3. The highest BCUT2D eigenvalue weighted by atomic mass is 15.2. The molecule has 0 spiro atoms. The van der Waals surface area contributed by atoms with Crippen molar-refractivity contribution in [3.8, 4) is 11.8 Å².